The second-order valence-corrected chi connectivity index (χ2v) is 5.17. The Morgan fingerprint density at radius 1 is 1.53 bits per heavy atom. The Morgan fingerprint density at radius 2 is 2.35 bits per heavy atom. The highest BCUT2D eigenvalue weighted by Gasteiger charge is 2.36. The van der Waals surface area contributed by atoms with Gasteiger partial charge >= 0.3 is 0 Å². The van der Waals surface area contributed by atoms with Crippen LogP contribution in [0, 0.1) is 0 Å². The third kappa shape index (κ3) is 2.60. The van der Waals surface area contributed by atoms with Crippen LogP contribution in [0.1, 0.15) is 38.7 Å². The Hall–Kier alpha value is -1.09. The molecule has 2 atom stereocenters. The van der Waals surface area contributed by atoms with Crippen LogP contribution in [0.5, 0.6) is 5.75 Å². The predicted octanol–water partition coefficient (Wildman–Crippen LogP) is 2.51. The van der Waals surface area contributed by atoms with Crippen molar-refractivity contribution in [2.24, 2.45) is 0 Å². The molecule has 1 aliphatic rings. The second kappa shape index (κ2) is 5.05. The van der Waals surface area contributed by atoms with Crippen molar-refractivity contribution in [3.63, 3.8) is 0 Å². The summed E-state index contributed by atoms with van der Waals surface area (Å²) in [5.41, 5.74) is 1.55. The second-order valence-electron chi connectivity index (χ2n) is 5.17. The first kappa shape index (κ1) is 12.4. The maximum Gasteiger partial charge on any atom is 0.137 e. The van der Waals surface area contributed by atoms with Crippen LogP contribution in [0.3, 0.4) is 0 Å². The van der Waals surface area contributed by atoms with Gasteiger partial charge in [-0.3, -0.25) is 4.98 Å². The average molecular weight is 234 g/mol. The zero-order chi connectivity index (χ0) is 12.3. The minimum Gasteiger partial charge on any atom is -0.495 e. The molecule has 0 saturated heterocycles. The van der Waals surface area contributed by atoms with Crippen molar-refractivity contribution in [1.82, 2.24) is 10.3 Å². The standard InChI is InChI=1S/C14H22N2O/c1-4-16-12-5-6-14(2,8-12)11-7-13(17-3)10-15-9-11/h7,9-10,12,16H,4-6,8H2,1-3H3. The van der Waals surface area contributed by atoms with Crippen LogP contribution in [0.2, 0.25) is 0 Å². The number of hydrogen-bond donors (Lipinski definition) is 1. The molecule has 2 rings (SSSR count). The summed E-state index contributed by atoms with van der Waals surface area (Å²) in [6, 6.07) is 2.78. The van der Waals surface area contributed by atoms with Gasteiger partial charge in [0.2, 0.25) is 0 Å². The lowest BCUT2D eigenvalue weighted by Gasteiger charge is -2.25. The Balaban J connectivity index is 2.15. The fourth-order valence-electron chi connectivity index (χ4n) is 2.83. The zero-order valence-corrected chi connectivity index (χ0v) is 11.0. The van der Waals surface area contributed by atoms with Gasteiger partial charge in [0, 0.05) is 12.2 Å². The number of pyridine rings is 1. The van der Waals surface area contributed by atoms with Crippen LogP contribution < -0.4 is 10.1 Å². The van der Waals surface area contributed by atoms with Crippen molar-refractivity contribution >= 4 is 0 Å². The van der Waals surface area contributed by atoms with Gasteiger partial charge in [0.05, 0.1) is 13.3 Å². The van der Waals surface area contributed by atoms with Crippen molar-refractivity contribution in [1.29, 1.82) is 0 Å². The quantitative estimate of drug-likeness (QED) is 0.869. The van der Waals surface area contributed by atoms with Crippen LogP contribution in [-0.2, 0) is 5.41 Å². The fourth-order valence-corrected chi connectivity index (χ4v) is 2.83. The highest BCUT2D eigenvalue weighted by Crippen LogP contribution is 2.41. The van der Waals surface area contributed by atoms with E-state index in [-0.39, 0.29) is 5.41 Å². The van der Waals surface area contributed by atoms with Crippen LogP contribution in [0.15, 0.2) is 18.5 Å². The molecule has 0 radical (unpaired) electrons. The van der Waals surface area contributed by atoms with Gasteiger partial charge < -0.3 is 10.1 Å². The molecule has 1 heterocycles. The van der Waals surface area contributed by atoms with E-state index in [1.165, 1.54) is 24.8 Å². The summed E-state index contributed by atoms with van der Waals surface area (Å²) in [5, 5.41) is 3.55. The maximum atomic E-state index is 5.26. The van der Waals surface area contributed by atoms with Gasteiger partial charge in [0.1, 0.15) is 5.75 Å². The molecule has 3 heteroatoms. The molecule has 2 unspecified atom stereocenters. The molecule has 3 nitrogen and oxygen atoms in total. The minimum atomic E-state index is 0.244. The molecule has 1 fully saturated rings. The summed E-state index contributed by atoms with van der Waals surface area (Å²) in [7, 11) is 1.69. The molecule has 1 aromatic heterocycles. The van der Waals surface area contributed by atoms with Crippen molar-refractivity contribution in [3.8, 4) is 5.75 Å². The number of rotatable bonds is 4. The number of aromatic nitrogens is 1. The lowest BCUT2D eigenvalue weighted by molar-refractivity contribution is 0.406. The van der Waals surface area contributed by atoms with Gasteiger partial charge in [-0.2, -0.15) is 0 Å². The normalized spacial score (nSPS) is 28.3. The summed E-state index contributed by atoms with van der Waals surface area (Å²) in [5.74, 6) is 0.857. The summed E-state index contributed by atoms with van der Waals surface area (Å²) >= 11 is 0. The molecule has 0 aliphatic heterocycles. The number of ether oxygens (including phenoxy) is 1. The SMILES string of the molecule is CCNC1CCC(C)(c2cncc(OC)c2)C1. The van der Waals surface area contributed by atoms with Crippen molar-refractivity contribution in [2.75, 3.05) is 13.7 Å². The van der Waals surface area contributed by atoms with Crippen LogP contribution in [-0.4, -0.2) is 24.7 Å². The molecule has 1 aliphatic carbocycles. The molecule has 1 N–H and O–H groups in total. The Bertz CT molecular complexity index is 380. The van der Waals surface area contributed by atoms with Gasteiger partial charge in [0.15, 0.2) is 0 Å². The van der Waals surface area contributed by atoms with Crippen LogP contribution in [0.4, 0.5) is 0 Å². The lowest BCUT2D eigenvalue weighted by Crippen LogP contribution is -2.28. The molecular formula is C14H22N2O. The number of nitrogens with one attached hydrogen (secondary N) is 1. The summed E-state index contributed by atoms with van der Waals surface area (Å²) in [6.07, 6.45) is 7.41. The van der Waals surface area contributed by atoms with E-state index in [1.54, 1.807) is 13.3 Å². The molecule has 0 bridgehead atoms. The molecule has 94 valence electrons. The third-order valence-corrected chi connectivity index (χ3v) is 3.88. The van der Waals surface area contributed by atoms with E-state index in [4.69, 9.17) is 4.74 Å². The monoisotopic (exact) mass is 234 g/mol. The Labute approximate surface area is 104 Å². The van der Waals surface area contributed by atoms with Crippen LogP contribution in [0.25, 0.3) is 0 Å². The summed E-state index contributed by atoms with van der Waals surface area (Å²) < 4.78 is 5.26. The Kier molecular flexibility index (Phi) is 3.67. The highest BCUT2D eigenvalue weighted by atomic mass is 16.5. The van der Waals surface area contributed by atoms with Crippen molar-refractivity contribution in [2.45, 2.75) is 44.6 Å². The van der Waals surface area contributed by atoms with E-state index < -0.39 is 0 Å². The first-order chi connectivity index (χ1) is 8.18. The molecular weight excluding hydrogens is 212 g/mol. The Morgan fingerprint density at radius 3 is 3.06 bits per heavy atom. The number of hydrogen-bond acceptors (Lipinski definition) is 3. The maximum absolute atomic E-state index is 5.26. The van der Waals surface area contributed by atoms with Gasteiger partial charge in [-0.15, -0.1) is 0 Å². The molecule has 1 saturated carbocycles. The van der Waals surface area contributed by atoms with Gasteiger partial charge in [0.25, 0.3) is 0 Å². The molecule has 0 amide bonds. The molecule has 17 heavy (non-hydrogen) atoms. The summed E-state index contributed by atoms with van der Waals surface area (Å²) in [4.78, 5) is 4.27. The van der Waals surface area contributed by atoms with E-state index >= 15 is 0 Å². The smallest absolute Gasteiger partial charge is 0.137 e. The predicted molar refractivity (Wildman–Crippen MR) is 69.5 cm³/mol. The minimum absolute atomic E-state index is 0.244. The highest BCUT2D eigenvalue weighted by molar-refractivity contribution is 5.30. The average Bonchev–Trinajstić information content (AvgIpc) is 2.73. The molecule has 0 aromatic carbocycles. The number of nitrogens with zero attached hydrogens (tertiary/aromatic N) is 1. The van der Waals surface area contributed by atoms with E-state index in [0.29, 0.717) is 6.04 Å². The first-order valence-corrected chi connectivity index (χ1v) is 6.41. The third-order valence-electron chi connectivity index (χ3n) is 3.88. The fraction of sp³-hybridized carbons (Fsp3) is 0.643. The van der Waals surface area contributed by atoms with E-state index in [1.807, 2.05) is 6.20 Å². The van der Waals surface area contributed by atoms with Gasteiger partial charge in [-0.1, -0.05) is 13.8 Å². The van der Waals surface area contributed by atoms with E-state index in [2.05, 4.69) is 30.2 Å². The van der Waals surface area contributed by atoms with Gasteiger partial charge in [-0.25, -0.2) is 0 Å². The van der Waals surface area contributed by atoms with Crippen molar-refractivity contribution < 1.29 is 4.74 Å². The van der Waals surface area contributed by atoms with E-state index in [0.717, 1.165) is 12.3 Å². The topological polar surface area (TPSA) is 34.2 Å². The van der Waals surface area contributed by atoms with Crippen molar-refractivity contribution in [3.05, 3.63) is 24.0 Å². The number of methoxy groups -OCH3 is 1. The molecule has 1 aromatic rings. The lowest BCUT2D eigenvalue weighted by atomic mass is 9.81. The largest absolute Gasteiger partial charge is 0.495 e. The van der Waals surface area contributed by atoms with Gasteiger partial charge in [-0.05, 0) is 42.9 Å². The molecule has 0 spiro atoms. The summed E-state index contributed by atoms with van der Waals surface area (Å²) in [6.45, 7) is 5.56. The van der Waals surface area contributed by atoms with Crippen LogP contribution >= 0.6 is 0 Å². The first-order valence-electron chi connectivity index (χ1n) is 6.41. The van der Waals surface area contributed by atoms with E-state index in [9.17, 15) is 0 Å². The zero-order valence-electron chi connectivity index (χ0n) is 11.0.